The van der Waals surface area contributed by atoms with Crippen LogP contribution in [0, 0.1) is 0 Å². The summed E-state index contributed by atoms with van der Waals surface area (Å²) in [7, 11) is 3.20. The Morgan fingerprint density at radius 1 is 1.06 bits per heavy atom. The maximum Gasteiger partial charge on any atom is 0.337 e. The number of hydrogen-bond acceptors (Lipinski definition) is 6. The number of halogens is 1. The Bertz CT molecular complexity index is 1230. The van der Waals surface area contributed by atoms with Crippen molar-refractivity contribution in [3.8, 4) is 11.5 Å². The van der Waals surface area contributed by atoms with E-state index in [9.17, 15) is 9.59 Å². The maximum absolute atomic E-state index is 13.7. The molecular formula is C29H32ClNO5. The second-order valence-corrected chi connectivity index (χ2v) is 9.74. The van der Waals surface area contributed by atoms with E-state index in [0.29, 0.717) is 52.6 Å². The van der Waals surface area contributed by atoms with Crippen molar-refractivity contribution >= 4 is 23.4 Å². The van der Waals surface area contributed by atoms with E-state index in [1.165, 1.54) is 0 Å². The zero-order valence-corrected chi connectivity index (χ0v) is 22.1. The fourth-order valence-corrected chi connectivity index (χ4v) is 5.10. The van der Waals surface area contributed by atoms with Gasteiger partial charge in [-0.15, -0.1) is 0 Å². The summed E-state index contributed by atoms with van der Waals surface area (Å²) < 4.78 is 16.6. The third-order valence-corrected chi connectivity index (χ3v) is 7.26. The molecule has 2 aliphatic rings. The number of ketones is 1. The molecule has 0 spiro atoms. The van der Waals surface area contributed by atoms with Crippen LogP contribution in [-0.2, 0) is 14.3 Å². The zero-order valence-electron chi connectivity index (χ0n) is 21.3. The van der Waals surface area contributed by atoms with Crippen LogP contribution in [-0.4, -0.2) is 32.1 Å². The number of methoxy groups -OCH3 is 2. The van der Waals surface area contributed by atoms with Crippen molar-refractivity contribution in [1.29, 1.82) is 0 Å². The van der Waals surface area contributed by atoms with Gasteiger partial charge in [0.15, 0.2) is 17.3 Å². The van der Waals surface area contributed by atoms with Crippen molar-refractivity contribution in [3.05, 3.63) is 81.2 Å². The first-order valence-electron chi connectivity index (χ1n) is 12.2. The second kappa shape index (κ2) is 10.8. The van der Waals surface area contributed by atoms with E-state index in [-0.39, 0.29) is 17.8 Å². The average molecular weight is 510 g/mol. The quantitative estimate of drug-likeness (QED) is 0.457. The Morgan fingerprint density at radius 2 is 1.72 bits per heavy atom. The summed E-state index contributed by atoms with van der Waals surface area (Å²) in [5.74, 6) is 0.319. The minimum Gasteiger partial charge on any atom is -0.493 e. The molecule has 0 saturated carbocycles. The number of Topliss-reactive ketones (excluding diaryl/α,β-unsaturated/α-hetero) is 1. The number of nitrogens with one attached hydrogen (secondary N) is 1. The van der Waals surface area contributed by atoms with Crippen LogP contribution in [0.3, 0.4) is 0 Å². The summed E-state index contributed by atoms with van der Waals surface area (Å²) in [6.07, 6.45) is 1.44. The number of ether oxygens (including phenoxy) is 3. The van der Waals surface area contributed by atoms with E-state index in [0.717, 1.165) is 16.8 Å². The molecule has 36 heavy (non-hydrogen) atoms. The van der Waals surface area contributed by atoms with Crippen LogP contribution in [0.2, 0.25) is 5.02 Å². The van der Waals surface area contributed by atoms with Crippen molar-refractivity contribution in [2.24, 2.45) is 0 Å². The van der Waals surface area contributed by atoms with Crippen molar-refractivity contribution in [2.75, 3.05) is 14.2 Å². The molecule has 0 bridgehead atoms. The molecule has 1 aliphatic heterocycles. The van der Waals surface area contributed by atoms with Crippen LogP contribution in [0.4, 0.5) is 0 Å². The van der Waals surface area contributed by atoms with Gasteiger partial charge in [0.25, 0.3) is 0 Å². The Kier molecular flexibility index (Phi) is 7.74. The monoisotopic (exact) mass is 509 g/mol. The van der Waals surface area contributed by atoms with Gasteiger partial charge in [0.2, 0.25) is 0 Å². The Morgan fingerprint density at radius 3 is 2.36 bits per heavy atom. The van der Waals surface area contributed by atoms with Crippen molar-refractivity contribution in [2.45, 2.75) is 58.0 Å². The Hall–Kier alpha value is -3.25. The second-order valence-electron chi connectivity index (χ2n) is 9.31. The molecule has 0 fully saturated rings. The fraction of sp³-hybridized carbons (Fsp3) is 0.379. The normalized spacial score (nSPS) is 20.4. The molecule has 190 valence electrons. The number of esters is 1. The summed E-state index contributed by atoms with van der Waals surface area (Å²) in [5, 5.41) is 3.98. The highest BCUT2D eigenvalue weighted by Crippen LogP contribution is 2.46. The SMILES string of the molecule is CC[C@H](C)OC(=O)C1=C(C)NC2=C(C(=O)C[C@@H](c3ccc(OC)c(OC)c3)C2)[C@H]1c1ccc(Cl)cc1. The summed E-state index contributed by atoms with van der Waals surface area (Å²) in [5.41, 5.74) is 4.46. The summed E-state index contributed by atoms with van der Waals surface area (Å²) >= 11 is 6.15. The molecule has 1 aliphatic carbocycles. The van der Waals surface area contributed by atoms with Gasteiger partial charge in [-0.3, -0.25) is 4.79 Å². The van der Waals surface area contributed by atoms with Gasteiger partial charge >= 0.3 is 5.97 Å². The van der Waals surface area contributed by atoms with E-state index in [4.69, 9.17) is 25.8 Å². The third-order valence-electron chi connectivity index (χ3n) is 7.01. The Balaban J connectivity index is 1.76. The number of carbonyl (C=O) groups excluding carboxylic acids is 2. The lowest BCUT2D eigenvalue weighted by atomic mass is 9.71. The number of rotatable bonds is 7. The van der Waals surface area contributed by atoms with Crippen LogP contribution in [0.15, 0.2) is 65.0 Å². The molecule has 0 saturated heterocycles. The molecule has 0 radical (unpaired) electrons. The first-order chi connectivity index (χ1) is 17.3. The van der Waals surface area contributed by atoms with E-state index in [2.05, 4.69) is 5.32 Å². The maximum atomic E-state index is 13.7. The molecule has 2 aromatic carbocycles. The predicted molar refractivity (Wildman–Crippen MR) is 139 cm³/mol. The van der Waals surface area contributed by atoms with Gasteiger partial charge in [-0.25, -0.2) is 4.79 Å². The average Bonchev–Trinajstić information content (AvgIpc) is 2.87. The highest BCUT2D eigenvalue weighted by atomic mass is 35.5. The highest BCUT2D eigenvalue weighted by molar-refractivity contribution is 6.30. The van der Waals surface area contributed by atoms with Gasteiger partial charge in [0.1, 0.15) is 0 Å². The van der Waals surface area contributed by atoms with Crippen LogP contribution >= 0.6 is 11.6 Å². The summed E-state index contributed by atoms with van der Waals surface area (Å²) in [4.78, 5) is 27.1. The van der Waals surface area contributed by atoms with Gasteiger partial charge in [-0.1, -0.05) is 36.7 Å². The van der Waals surface area contributed by atoms with Crippen LogP contribution in [0.5, 0.6) is 11.5 Å². The highest BCUT2D eigenvalue weighted by Gasteiger charge is 2.41. The molecular weight excluding hydrogens is 478 g/mol. The molecule has 0 amide bonds. The lowest BCUT2D eigenvalue weighted by molar-refractivity contribution is -0.144. The molecule has 4 rings (SSSR count). The molecule has 1 heterocycles. The van der Waals surface area contributed by atoms with Crippen molar-refractivity contribution < 1.29 is 23.8 Å². The number of allylic oxidation sites excluding steroid dienone is 3. The first kappa shape index (κ1) is 25.8. The number of benzene rings is 2. The molecule has 0 unspecified atom stereocenters. The van der Waals surface area contributed by atoms with E-state index >= 15 is 0 Å². The van der Waals surface area contributed by atoms with E-state index < -0.39 is 11.9 Å². The van der Waals surface area contributed by atoms with Crippen molar-refractivity contribution in [1.82, 2.24) is 5.32 Å². The van der Waals surface area contributed by atoms with Gasteiger partial charge in [-0.05, 0) is 68.0 Å². The van der Waals surface area contributed by atoms with Crippen molar-refractivity contribution in [3.63, 3.8) is 0 Å². The molecule has 1 N–H and O–H groups in total. The lowest BCUT2D eigenvalue weighted by Gasteiger charge is -2.37. The van der Waals surface area contributed by atoms with Crippen LogP contribution in [0.1, 0.15) is 63.0 Å². The minimum atomic E-state index is -0.520. The largest absolute Gasteiger partial charge is 0.493 e. The number of carbonyl (C=O) groups is 2. The molecule has 6 nitrogen and oxygen atoms in total. The lowest BCUT2D eigenvalue weighted by Crippen LogP contribution is -2.36. The van der Waals surface area contributed by atoms with Crippen LogP contribution in [0.25, 0.3) is 0 Å². The standard InChI is InChI=1S/C29H32ClNO5/c1-6-16(2)36-29(33)26-17(3)31-22-13-20(19-9-12-24(34-4)25(15-19)35-5)14-23(32)28(22)27(26)18-7-10-21(30)11-8-18/h7-12,15-16,20,27,31H,6,13-14H2,1-5H3/t16-,20-,27-/m0/s1. The molecule has 3 atom stereocenters. The first-order valence-corrected chi connectivity index (χ1v) is 12.6. The van der Waals surface area contributed by atoms with Crippen LogP contribution < -0.4 is 14.8 Å². The molecule has 2 aromatic rings. The molecule has 7 heteroatoms. The topological polar surface area (TPSA) is 73.9 Å². The Labute approximate surface area is 217 Å². The van der Waals surface area contributed by atoms with Gasteiger partial charge in [-0.2, -0.15) is 0 Å². The van der Waals surface area contributed by atoms with Gasteiger partial charge < -0.3 is 19.5 Å². The van der Waals surface area contributed by atoms with E-state index in [1.807, 2.05) is 51.1 Å². The zero-order chi connectivity index (χ0) is 26.0. The van der Waals surface area contributed by atoms with Gasteiger partial charge in [0.05, 0.1) is 25.9 Å². The van der Waals surface area contributed by atoms with E-state index in [1.54, 1.807) is 26.4 Å². The van der Waals surface area contributed by atoms with Gasteiger partial charge in [0, 0.05) is 34.3 Å². The summed E-state index contributed by atoms with van der Waals surface area (Å²) in [6, 6.07) is 13.1. The number of hydrogen-bond donors (Lipinski definition) is 1. The third kappa shape index (κ3) is 5.00. The minimum absolute atomic E-state index is 0.00447. The fourth-order valence-electron chi connectivity index (χ4n) is 4.97. The predicted octanol–water partition coefficient (Wildman–Crippen LogP) is 6.06. The number of dihydropyridines is 1. The molecule has 0 aromatic heterocycles. The smallest absolute Gasteiger partial charge is 0.337 e. The summed E-state index contributed by atoms with van der Waals surface area (Å²) in [6.45, 7) is 5.70.